The van der Waals surface area contributed by atoms with E-state index in [9.17, 15) is 14.0 Å². The van der Waals surface area contributed by atoms with Crippen LogP contribution in [0.2, 0.25) is 4.34 Å². The Bertz CT molecular complexity index is 1420. The maximum absolute atomic E-state index is 14.2. The molecule has 2 N–H and O–H groups in total. The summed E-state index contributed by atoms with van der Waals surface area (Å²) in [6.45, 7) is -0.0499. The Morgan fingerprint density at radius 2 is 2.00 bits per heavy atom. The minimum atomic E-state index is -0.644. The Kier molecular flexibility index (Phi) is 6.29. The highest BCUT2D eigenvalue weighted by Gasteiger charge is 2.29. The monoisotopic (exact) mass is 527 g/mol. The van der Waals surface area contributed by atoms with Crippen molar-refractivity contribution in [3.05, 3.63) is 80.5 Å². The second-order valence-electron chi connectivity index (χ2n) is 7.82. The smallest absolute Gasteiger partial charge is 0.264 e. The molecule has 10 nitrogen and oxygen atoms in total. The number of carbonyl (C=O) groups excluding carboxylic acids is 2. The second kappa shape index (κ2) is 9.55. The van der Waals surface area contributed by atoms with Crippen LogP contribution in [0.25, 0.3) is 0 Å². The number of amides is 2. The number of rotatable bonds is 6. The molecular weight excluding hydrogens is 509 g/mol. The summed E-state index contributed by atoms with van der Waals surface area (Å²) in [6, 6.07) is 11.9. The highest BCUT2D eigenvalue weighted by atomic mass is 35.5. The lowest BCUT2D eigenvalue weighted by Gasteiger charge is -2.29. The molecule has 0 saturated carbocycles. The van der Waals surface area contributed by atoms with E-state index in [-0.39, 0.29) is 23.9 Å². The number of fused-ring (bicyclic) bond motifs is 1. The third-order valence-corrected chi connectivity index (χ3v) is 6.84. The summed E-state index contributed by atoms with van der Waals surface area (Å²) in [5.41, 5.74) is 1.21. The molecule has 1 unspecified atom stereocenters. The van der Waals surface area contributed by atoms with Crippen LogP contribution in [0, 0.1) is 5.82 Å². The molecule has 0 aliphatic carbocycles. The highest BCUT2D eigenvalue weighted by molar-refractivity contribution is 7.16. The van der Waals surface area contributed by atoms with Crippen LogP contribution >= 0.6 is 22.9 Å². The fourth-order valence-electron chi connectivity index (χ4n) is 3.73. The molecule has 3 heterocycles. The van der Waals surface area contributed by atoms with E-state index in [4.69, 9.17) is 16.3 Å². The fraction of sp³-hybridized carbons (Fsp3) is 0.174. The van der Waals surface area contributed by atoms with Crippen molar-refractivity contribution in [1.82, 2.24) is 25.5 Å². The van der Waals surface area contributed by atoms with Gasteiger partial charge in [0.15, 0.2) is 6.73 Å². The Labute approximate surface area is 213 Å². The van der Waals surface area contributed by atoms with E-state index in [0.29, 0.717) is 27.2 Å². The summed E-state index contributed by atoms with van der Waals surface area (Å²) in [5, 5.41) is 17.7. The van der Waals surface area contributed by atoms with Crippen LogP contribution in [-0.2, 0) is 7.05 Å². The van der Waals surface area contributed by atoms with Gasteiger partial charge in [0, 0.05) is 29.2 Å². The van der Waals surface area contributed by atoms with E-state index < -0.39 is 17.8 Å². The molecule has 1 atom stereocenters. The predicted molar refractivity (Wildman–Crippen MR) is 132 cm³/mol. The molecule has 4 aromatic rings. The van der Waals surface area contributed by atoms with Crippen molar-refractivity contribution >= 4 is 46.1 Å². The number of benzene rings is 2. The van der Waals surface area contributed by atoms with Gasteiger partial charge in [0.1, 0.15) is 17.6 Å². The Hall–Kier alpha value is -4.03. The average Bonchev–Trinajstić information content (AvgIpc) is 3.51. The van der Waals surface area contributed by atoms with Gasteiger partial charge in [-0.2, -0.15) is 4.80 Å². The van der Waals surface area contributed by atoms with Crippen molar-refractivity contribution in [3.63, 3.8) is 0 Å². The van der Waals surface area contributed by atoms with Gasteiger partial charge in [-0.15, -0.1) is 21.5 Å². The third-order valence-electron chi connectivity index (χ3n) is 5.54. The number of nitrogens with zero attached hydrogens (tertiary/aromatic N) is 5. The molecular formula is C23H19ClFN7O3S. The SMILES string of the molecule is CNc1cc2c(cc1F)C(=O)N(c1ccc(C(=O)NC(c3nnn(C)n3)c3ccc(Cl)s3)cc1)CO2. The minimum absolute atomic E-state index is 0.0499. The molecule has 184 valence electrons. The maximum atomic E-state index is 14.2. The molecule has 2 aromatic heterocycles. The Morgan fingerprint density at radius 3 is 2.64 bits per heavy atom. The third kappa shape index (κ3) is 4.48. The molecule has 0 spiro atoms. The molecule has 1 aliphatic heterocycles. The molecule has 0 radical (unpaired) electrons. The van der Waals surface area contributed by atoms with Crippen LogP contribution in [-0.4, -0.2) is 45.8 Å². The van der Waals surface area contributed by atoms with E-state index in [1.165, 1.54) is 27.1 Å². The first-order chi connectivity index (χ1) is 17.3. The number of tetrazole rings is 1. The first-order valence-corrected chi connectivity index (χ1v) is 11.9. The number of hydrogen-bond acceptors (Lipinski definition) is 8. The summed E-state index contributed by atoms with van der Waals surface area (Å²) >= 11 is 7.39. The van der Waals surface area contributed by atoms with E-state index in [1.807, 2.05) is 0 Å². The lowest BCUT2D eigenvalue weighted by molar-refractivity contribution is 0.0932. The van der Waals surface area contributed by atoms with E-state index >= 15 is 0 Å². The van der Waals surface area contributed by atoms with Gasteiger partial charge in [-0.25, -0.2) is 4.39 Å². The van der Waals surface area contributed by atoms with Gasteiger partial charge in [0.2, 0.25) is 5.82 Å². The summed E-state index contributed by atoms with van der Waals surface area (Å²) in [6.07, 6.45) is 0. The van der Waals surface area contributed by atoms with Crippen molar-refractivity contribution < 1.29 is 18.7 Å². The average molecular weight is 528 g/mol. The summed E-state index contributed by atoms with van der Waals surface area (Å²) in [4.78, 5) is 29.5. The van der Waals surface area contributed by atoms with Gasteiger partial charge in [0.25, 0.3) is 11.8 Å². The Morgan fingerprint density at radius 1 is 1.22 bits per heavy atom. The van der Waals surface area contributed by atoms with Crippen molar-refractivity contribution in [2.45, 2.75) is 6.04 Å². The van der Waals surface area contributed by atoms with Crippen LogP contribution in [0.4, 0.5) is 15.8 Å². The minimum Gasteiger partial charge on any atom is -0.472 e. The van der Waals surface area contributed by atoms with E-state index in [2.05, 4.69) is 26.0 Å². The number of nitrogens with one attached hydrogen (secondary N) is 2. The Balaban J connectivity index is 1.35. The summed E-state index contributed by atoms with van der Waals surface area (Å²) in [5.74, 6) is -0.712. The van der Waals surface area contributed by atoms with Gasteiger partial charge in [-0.1, -0.05) is 11.6 Å². The molecule has 1 aliphatic rings. The number of halogens is 2. The fourth-order valence-corrected chi connectivity index (χ4v) is 4.84. The predicted octanol–water partition coefficient (Wildman–Crippen LogP) is 3.62. The van der Waals surface area contributed by atoms with Crippen LogP contribution in [0.15, 0.2) is 48.5 Å². The van der Waals surface area contributed by atoms with Crippen LogP contribution in [0.5, 0.6) is 5.75 Å². The van der Waals surface area contributed by atoms with Crippen molar-refractivity contribution in [3.8, 4) is 5.75 Å². The molecule has 2 amide bonds. The molecule has 0 bridgehead atoms. The van der Waals surface area contributed by atoms with Crippen LogP contribution in [0.1, 0.15) is 37.5 Å². The van der Waals surface area contributed by atoms with Gasteiger partial charge < -0.3 is 15.4 Å². The van der Waals surface area contributed by atoms with Gasteiger partial charge in [0.05, 0.1) is 22.6 Å². The molecule has 2 aromatic carbocycles. The normalized spacial score (nSPS) is 13.7. The first-order valence-electron chi connectivity index (χ1n) is 10.7. The number of anilines is 2. The first kappa shape index (κ1) is 23.7. The van der Waals surface area contributed by atoms with Crippen LogP contribution < -0.4 is 20.3 Å². The van der Waals surface area contributed by atoms with Gasteiger partial charge in [-0.05, 0) is 47.7 Å². The van der Waals surface area contributed by atoms with Gasteiger partial charge in [-0.3, -0.25) is 14.5 Å². The van der Waals surface area contributed by atoms with Crippen molar-refractivity contribution in [2.24, 2.45) is 7.05 Å². The van der Waals surface area contributed by atoms with Crippen LogP contribution in [0.3, 0.4) is 0 Å². The lowest BCUT2D eigenvalue weighted by atomic mass is 10.1. The summed E-state index contributed by atoms with van der Waals surface area (Å²) in [7, 11) is 3.22. The second-order valence-corrected chi connectivity index (χ2v) is 9.56. The molecule has 0 saturated heterocycles. The highest BCUT2D eigenvalue weighted by Crippen LogP contribution is 2.33. The molecule has 0 fully saturated rings. The quantitative estimate of drug-likeness (QED) is 0.393. The maximum Gasteiger partial charge on any atom is 0.264 e. The molecule has 13 heteroatoms. The van der Waals surface area contributed by atoms with E-state index in [1.54, 1.807) is 50.5 Å². The topological polar surface area (TPSA) is 114 Å². The number of aryl methyl sites for hydroxylation is 1. The van der Waals surface area contributed by atoms with Crippen molar-refractivity contribution in [2.75, 3.05) is 24.0 Å². The number of hydrogen-bond donors (Lipinski definition) is 2. The number of aromatic nitrogens is 4. The number of thiophene rings is 1. The summed E-state index contributed by atoms with van der Waals surface area (Å²) < 4.78 is 20.5. The number of ether oxygens (including phenoxy) is 1. The zero-order valence-corrected chi connectivity index (χ0v) is 20.6. The zero-order valence-electron chi connectivity index (χ0n) is 19.0. The van der Waals surface area contributed by atoms with Crippen molar-refractivity contribution in [1.29, 1.82) is 0 Å². The van der Waals surface area contributed by atoms with E-state index in [0.717, 1.165) is 10.9 Å². The molecule has 36 heavy (non-hydrogen) atoms. The standard InChI is InChI=1S/C23H19ClFN7O3S/c1-26-16-10-17-14(9-15(16)25)23(34)32(11-35-17)13-5-3-12(4-6-13)22(33)27-20(18-7-8-19(24)36-18)21-28-30-31(2)29-21/h3-10,20,26H,11H2,1-2H3,(H,27,33). The lowest BCUT2D eigenvalue weighted by Crippen LogP contribution is -2.38. The van der Waals surface area contributed by atoms with Gasteiger partial charge >= 0.3 is 0 Å². The number of carbonyl (C=O) groups is 2. The zero-order chi connectivity index (χ0) is 25.4. The molecule has 5 rings (SSSR count). The largest absolute Gasteiger partial charge is 0.472 e.